The maximum Gasteiger partial charge on any atom is 0.251 e. The SMILES string of the molecule is CCc1cnc(CCNC(=NC)NCc2cccc(C(=O)NCC3CCCO3)c2)s1.I. The Hall–Kier alpha value is -1.72. The van der Waals surface area contributed by atoms with Gasteiger partial charge in [0.15, 0.2) is 5.96 Å². The maximum atomic E-state index is 12.4. The summed E-state index contributed by atoms with van der Waals surface area (Å²) in [4.78, 5) is 22.4. The molecule has 0 spiro atoms. The fourth-order valence-electron chi connectivity index (χ4n) is 3.26. The first-order chi connectivity index (χ1) is 14.7. The Balaban J connectivity index is 0.00000341. The normalized spacial score (nSPS) is 15.9. The number of hydrogen-bond donors (Lipinski definition) is 3. The average Bonchev–Trinajstić information content (AvgIpc) is 3.46. The number of aromatic nitrogens is 1. The van der Waals surface area contributed by atoms with Gasteiger partial charge in [0.05, 0.1) is 11.1 Å². The molecule has 1 aliphatic heterocycles. The molecule has 1 aliphatic rings. The van der Waals surface area contributed by atoms with E-state index >= 15 is 0 Å². The van der Waals surface area contributed by atoms with Gasteiger partial charge >= 0.3 is 0 Å². The second kappa shape index (κ2) is 13.6. The highest BCUT2D eigenvalue weighted by Gasteiger charge is 2.16. The van der Waals surface area contributed by atoms with Crippen LogP contribution >= 0.6 is 35.3 Å². The van der Waals surface area contributed by atoms with Crippen molar-refractivity contribution >= 4 is 47.2 Å². The number of benzene rings is 1. The fraction of sp³-hybridized carbons (Fsp3) is 0.500. The van der Waals surface area contributed by atoms with Crippen LogP contribution in [0.1, 0.15) is 45.6 Å². The second-order valence-electron chi connectivity index (χ2n) is 7.22. The third-order valence-corrected chi connectivity index (χ3v) is 6.17. The predicted molar refractivity (Wildman–Crippen MR) is 137 cm³/mol. The minimum absolute atomic E-state index is 0. The molecule has 0 saturated carbocycles. The van der Waals surface area contributed by atoms with Crippen molar-refractivity contribution in [2.75, 3.05) is 26.7 Å². The Morgan fingerprint density at radius 2 is 2.19 bits per heavy atom. The molecule has 0 bridgehead atoms. The Bertz CT molecular complexity index is 852. The van der Waals surface area contributed by atoms with Gasteiger partial charge in [-0.05, 0) is 37.0 Å². The molecule has 31 heavy (non-hydrogen) atoms. The van der Waals surface area contributed by atoms with Gasteiger partial charge in [0.1, 0.15) is 0 Å². The van der Waals surface area contributed by atoms with Crippen LogP contribution in [0.4, 0.5) is 0 Å². The van der Waals surface area contributed by atoms with Crippen LogP contribution in [-0.4, -0.2) is 49.7 Å². The van der Waals surface area contributed by atoms with E-state index in [-0.39, 0.29) is 36.0 Å². The molecule has 1 amide bonds. The lowest BCUT2D eigenvalue weighted by molar-refractivity contribution is 0.0857. The molecule has 0 radical (unpaired) electrons. The van der Waals surface area contributed by atoms with E-state index in [1.54, 1.807) is 18.4 Å². The first kappa shape index (κ1) is 25.5. The Labute approximate surface area is 205 Å². The predicted octanol–water partition coefficient (Wildman–Crippen LogP) is 3.14. The maximum absolute atomic E-state index is 12.4. The number of nitrogens with one attached hydrogen (secondary N) is 3. The van der Waals surface area contributed by atoms with Gasteiger partial charge < -0.3 is 20.7 Å². The van der Waals surface area contributed by atoms with Crippen LogP contribution in [0, 0.1) is 0 Å². The van der Waals surface area contributed by atoms with Crippen LogP contribution in [0.2, 0.25) is 0 Å². The molecular weight excluding hydrogens is 525 g/mol. The number of guanidine groups is 1. The van der Waals surface area contributed by atoms with Crippen LogP contribution in [-0.2, 0) is 24.1 Å². The van der Waals surface area contributed by atoms with Gasteiger partial charge in [-0.25, -0.2) is 4.98 Å². The van der Waals surface area contributed by atoms with Crippen molar-refractivity contribution in [3.05, 3.63) is 51.5 Å². The summed E-state index contributed by atoms with van der Waals surface area (Å²) in [5.74, 6) is 0.667. The zero-order valence-electron chi connectivity index (χ0n) is 18.1. The van der Waals surface area contributed by atoms with E-state index in [0.717, 1.165) is 55.4 Å². The molecule has 1 aromatic heterocycles. The van der Waals surface area contributed by atoms with E-state index in [9.17, 15) is 4.79 Å². The standard InChI is InChI=1S/C22H31N5O2S.HI/c1-3-19-15-25-20(30-19)9-10-24-22(23-2)27-13-16-6-4-7-17(12-16)21(28)26-14-18-8-5-11-29-18;/h4,6-7,12,15,18H,3,5,8-11,13-14H2,1-2H3,(H,26,28)(H2,23,24,27);1H. The van der Waals surface area contributed by atoms with Gasteiger partial charge in [-0.15, -0.1) is 35.3 Å². The van der Waals surface area contributed by atoms with Crippen LogP contribution in [0.15, 0.2) is 35.5 Å². The highest BCUT2D eigenvalue weighted by Crippen LogP contribution is 2.13. The van der Waals surface area contributed by atoms with E-state index in [0.29, 0.717) is 18.7 Å². The van der Waals surface area contributed by atoms with Gasteiger partial charge in [-0.3, -0.25) is 9.79 Å². The van der Waals surface area contributed by atoms with Crippen LogP contribution < -0.4 is 16.0 Å². The topological polar surface area (TPSA) is 87.6 Å². The monoisotopic (exact) mass is 557 g/mol. The molecule has 1 fully saturated rings. The zero-order chi connectivity index (χ0) is 21.2. The number of rotatable bonds is 9. The summed E-state index contributed by atoms with van der Waals surface area (Å²) in [6, 6.07) is 7.65. The van der Waals surface area contributed by atoms with E-state index in [4.69, 9.17) is 4.74 Å². The fourth-order valence-corrected chi connectivity index (χ4v) is 4.12. The summed E-state index contributed by atoms with van der Waals surface area (Å²) in [5.41, 5.74) is 1.68. The van der Waals surface area contributed by atoms with E-state index in [1.807, 2.05) is 30.5 Å². The summed E-state index contributed by atoms with van der Waals surface area (Å²) < 4.78 is 5.56. The number of nitrogens with zero attached hydrogens (tertiary/aromatic N) is 2. The van der Waals surface area contributed by atoms with Gasteiger partial charge in [0, 0.05) is 56.3 Å². The summed E-state index contributed by atoms with van der Waals surface area (Å²) in [6.07, 6.45) is 6.08. The molecule has 7 nitrogen and oxygen atoms in total. The Kier molecular flexibility index (Phi) is 11.2. The zero-order valence-corrected chi connectivity index (χ0v) is 21.3. The van der Waals surface area contributed by atoms with Gasteiger partial charge in [-0.1, -0.05) is 19.1 Å². The number of hydrogen-bond acceptors (Lipinski definition) is 5. The molecular formula is C22H32IN5O2S. The Morgan fingerprint density at radius 3 is 2.90 bits per heavy atom. The third-order valence-electron chi connectivity index (χ3n) is 4.97. The molecule has 170 valence electrons. The summed E-state index contributed by atoms with van der Waals surface area (Å²) in [5, 5.41) is 10.7. The van der Waals surface area contributed by atoms with Crippen molar-refractivity contribution < 1.29 is 9.53 Å². The van der Waals surface area contributed by atoms with Crippen molar-refractivity contribution in [3.63, 3.8) is 0 Å². The van der Waals surface area contributed by atoms with Crippen LogP contribution in [0.3, 0.4) is 0 Å². The molecule has 1 aromatic carbocycles. The number of carbonyl (C=O) groups excluding carboxylic acids is 1. The van der Waals surface area contributed by atoms with Gasteiger partial charge in [-0.2, -0.15) is 0 Å². The number of halogens is 1. The first-order valence-electron chi connectivity index (χ1n) is 10.5. The molecule has 9 heteroatoms. The number of aliphatic imine (C=N–C) groups is 1. The lowest BCUT2D eigenvalue weighted by Gasteiger charge is -2.13. The summed E-state index contributed by atoms with van der Waals surface area (Å²) in [6.45, 7) is 4.85. The highest BCUT2D eigenvalue weighted by molar-refractivity contribution is 14.0. The lowest BCUT2D eigenvalue weighted by Crippen LogP contribution is -2.38. The number of carbonyl (C=O) groups is 1. The van der Waals surface area contributed by atoms with Crippen molar-refractivity contribution in [2.24, 2.45) is 4.99 Å². The lowest BCUT2D eigenvalue weighted by atomic mass is 10.1. The molecule has 2 heterocycles. The molecule has 1 unspecified atom stereocenters. The summed E-state index contributed by atoms with van der Waals surface area (Å²) in [7, 11) is 1.75. The van der Waals surface area contributed by atoms with E-state index < -0.39 is 0 Å². The van der Waals surface area contributed by atoms with E-state index in [1.165, 1.54) is 4.88 Å². The van der Waals surface area contributed by atoms with Gasteiger partial charge in [0.25, 0.3) is 5.91 Å². The van der Waals surface area contributed by atoms with Crippen LogP contribution in [0.25, 0.3) is 0 Å². The number of thiazole rings is 1. The molecule has 2 aromatic rings. The van der Waals surface area contributed by atoms with Crippen molar-refractivity contribution in [3.8, 4) is 0 Å². The van der Waals surface area contributed by atoms with Gasteiger partial charge in [0.2, 0.25) is 0 Å². The molecule has 3 rings (SSSR count). The number of ether oxygens (including phenoxy) is 1. The Morgan fingerprint density at radius 1 is 1.32 bits per heavy atom. The second-order valence-corrected chi connectivity index (χ2v) is 8.42. The minimum Gasteiger partial charge on any atom is -0.376 e. The number of aryl methyl sites for hydroxylation is 1. The average molecular weight is 558 g/mol. The largest absolute Gasteiger partial charge is 0.376 e. The summed E-state index contributed by atoms with van der Waals surface area (Å²) >= 11 is 1.76. The third kappa shape index (κ3) is 8.38. The number of amides is 1. The minimum atomic E-state index is -0.0650. The van der Waals surface area contributed by atoms with E-state index in [2.05, 4.69) is 32.9 Å². The van der Waals surface area contributed by atoms with Crippen LogP contribution in [0.5, 0.6) is 0 Å². The van der Waals surface area contributed by atoms with Crippen molar-refractivity contribution in [2.45, 2.75) is 45.3 Å². The molecule has 0 aliphatic carbocycles. The highest BCUT2D eigenvalue weighted by atomic mass is 127. The quantitative estimate of drug-likeness (QED) is 0.251. The molecule has 1 saturated heterocycles. The molecule has 3 N–H and O–H groups in total. The smallest absolute Gasteiger partial charge is 0.251 e. The molecule has 1 atom stereocenters. The van der Waals surface area contributed by atoms with Crippen molar-refractivity contribution in [1.82, 2.24) is 20.9 Å². The first-order valence-corrected chi connectivity index (χ1v) is 11.4. The van der Waals surface area contributed by atoms with Crippen molar-refractivity contribution in [1.29, 1.82) is 0 Å².